The zero-order valence-electron chi connectivity index (χ0n) is 18.4. The Labute approximate surface area is 192 Å². The molecule has 4 rings (SSSR count). The number of carbonyl (C=O) groups is 2. The SMILES string of the molecule is CC(=O)c1ccc(N2CCN(C(=O)c3cccc(S(=O)(=O)N4CCOCC4)c3)CC2)c(F)c1. The first kappa shape index (κ1) is 23.3. The van der Waals surface area contributed by atoms with Gasteiger partial charge in [-0.05, 0) is 43.3 Å². The van der Waals surface area contributed by atoms with Crippen LogP contribution in [0, 0.1) is 5.82 Å². The molecule has 0 saturated carbocycles. The summed E-state index contributed by atoms with van der Waals surface area (Å²) in [5.74, 6) is -0.932. The maximum absolute atomic E-state index is 14.5. The first-order valence-corrected chi connectivity index (χ1v) is 12.2. The number of amides is 1. The smallest absolute Gasteiger partial charge is 0.254 e. The number of piperazine rings is 1. The highest BCUT2D eigenvalue weighted by atomic mass is 32.2. The third-order valence-corrected chi connectivity index (χ3v) is 7.85. The molecule has 2 saturated heterocycles. The molecule has 0 atom stereocenters. The van der Waals surface area contributed by atoms with Crippen LogP contribution in [0.1, 0.15) is 27.6 Å². The number of halogens is 1. The molecule has 2 aliphatic rings. The minimum absolute atomic E-state index is 0.0847. The maximum atomic E-state index is 14.5. The summed E-state index contributed by atoms with van der Waals surface area (Å²) >= 11 is 0. The molecule has 0 radical (unpaired) electrons. The van der Waals surface area contributed by atoms with Crippen molar-refractivity contribution in [1.82, 2.24) is 9.21 Å². The summed E-state index contributed by atoms with van der Waals surface area (Å²) < 4.78 is 46.9. The summed E-state index contributed by atoms with van der Waals surface area (Å²) in [6.45, 7) is 4.24. The summed E-state index contributed by atoms with van der Waals surface area (Å²) in [5.41, 5.74) is 1.01. The van der Waals surface area contributed by atoms with E-state index in [9.17, 15) is 22.4 Å². The molecule has 2 aromatic carbocycles. The number of benzene rings is 2. The van der Waals surface area contributed by atoms with Crippen molar-refractivity contribution in [3.63, 3.8) is 0 Å². The van der Waals surface area contributed by atoms with Crippen molar-refractivity contribution in [3.05, 3.63) is 59.4 Å². The standard InChI is InChI=1S/C23H26FN3O5S/c1-17(28)18-5-6-22(21(24)16-18)25-7-9-26(10-8-25)23(29)19-3-2-4-20(15-19)33(30,31)27-11-13-32-14-12-27/h2-6,15-16H,7-14H2,1H3. The molecule has 33 heavy (non-hydrogen) atoms. The topological polar surface area (TPSA) is 87.2 Å². The van der Waals surface area contributed by atoms with E-state index < -0.39 is 15.8 Å². The van der Waals surface area contributed by atoms with Crippen LogP contribution in [0.2, 0.25) is 0 Å². The minimum atomic E-state index is -3.70. The Morgan fingerprint density at radius 2 is 1.61 bits per heavy atom. The van der Waals surface area contributed by atoms with Gasteiger partial charge in [0.2, 0.25) is 10.0 Å². The van der Waals surface area contributed by atoms with Gasteiger partial charge in [0, 0.05) is 50.4 Å². The van der Waals surface area contributed by atoms with Gasteiger partial charge in [0.15, 0.2) is 5.78 Å². The van der Waals surface area contributed by atoms with Gasteiger partial charge in [-0.1, -0.05) is 6.07 Å². The molecule has 0 aromatic heterocycles. The number of carbonyl (C=O) groups excluding carboxylic acids is 2. The molecule has 0 aliphatic carbocycles. The first-order chi connectivity index (χ1) is 15.8. The Bertz CT molecular complexity index is 1160. The molecule has 2 heterocycles. The van der Waals surface area contributed by atoms with Crippen LogP contribution < -0.4 is 4.90 Å². The van der Waals surface area contributed by atoms with Crippen molar-refractivity contribution in [3.8, 4) is 0 Å². The van der Waals surface area contributed by atoms with E-state index >= 15 is 0 Å². The summed E-state index contributed by atoms with van der Waals surface area (Å²) in [6.07, 6.45) is 0. The van der Waals surface area contributed by atoms with E-state index in [0.29, 0.717) is 56.2 Å². The molecule has 2 fully saturated rings. The number of Topliss-reactive ketones (excluding diaryl/α,β-unsaturated/α-hetero) is 1. The van der Waals surface area contributed by atoms with Crippen molar-refractivity contribution in [2.24, 2.45) is 0 Å². The number of nitrogens with zero attached hydrogens (tertiary/aromatic N) is 3. The highest BCUT2D eigenvalue weighted by molar-refractivity contribution is 7.89. The Hall–Kier alpha value is -2.82. The Morgan fingerprint density at radius 3 is 2.24 bits per heavy atom. The minimum Gasteiger partial charge on any atom is -0.379 e. The Balaban J connectivity index is 1.44. The fraction of sp³-hybridized carbons (Fsp3) is 0.391. The largest absolute Gasteiger partial charge is 0.379 e. The molecule has 0 unspecified atom stereocenters. The summed E-state index contributed by atoms with van der Waals surface area (Å²) in [6, 6.07) is 10.5. The van der Waals surface area contributed by atoms with Crippen molar-refractivity contribution in [1.29, 1.82) is 0 Å². The van der Waals surface area contributed by atoms with Crippen LogP contribution in [-0.2, 0) is 14.8 Å². The van der Waals surface area contributed by atoms with Gasteiger partial charge in [0.1, 0.15) is 5.82 Å². The van der Waals surface area contributed by atoms with E-state index in [1.165, 1.54) is 29.4 Å². The van der Waals surface area contributed by atoms with Crippen LogP contribution >= 0.6 is 0 Å². The number of ether oxygens (including phenoxy) is 1. The number of ketones is 1. The second-order valence-electron chi connectivity index (χ2n) is 8.05. The van der Waals surface area contributed by atoms with E-state index in [-0.39, 0.29) is 29.7 Å². The Kier molecular flexibility index (Phi) is 6.78. The monoisotopic (exact) mass is 475 g/mol. The van der Waals surface area contributed by atoms with Crippen LogP contribution in [-0.4, -0.2) is 81.8 Å². The number of rotatable bonds is 5. The molecule has 0 N–H and O–H groups in total. The maximum Gasteiger partial charge on any atom is 0.254 e. The summed E-state index contributed by atoms with van der Waals surface area (Å²) in [5, 5.41) is 0. The third kappa shape index (κ3) is 4.92. The molecule has 0 bridgehead atoms. The molecular weight excluding hydrogens is 449 g/mol. The summed E-state index contributed by atoms with van der Waals surface area (Å²) in [7, 11) is -3.70. The highest BCUT2D eigenvalue weighted by Crippen LogP contribution is 2.24. The van der Waals surface area contributed by atoms with E-state index in [1.807, 2.05) is 4.90 Å². The number of morpholine rings is 1. The van der Waals surface area contributed by atoms with Gasteiger partial charge < -0.3 is 14.5 Å². The molecule has 1 amide bonds. The lowest BCUT2D eigenvalue weighted by molar-refractivity contribution is 0.0729. The zero-order valence-corrected chi connectivity index (χ0v) is 19.2. The predicted octanol–water partition coefficient (Wildman–Crippen LogP) is 2.01. The lowest BCUT2D eigenvalue weighted by Gasteiger charge is -2.36. The van der Waals surface area contributed by atoms with Crippen molar-refractivity contribution in [2.75, 3.05) is 57.4 Å². The normalized spacial score (nSPS) is 17.8. The van der Waals surface area contributed by atoms with Gasteiger partial charge in [-0.2, -0.15) is 4.31 Å². The van der Waals surface area contributed by atoms with Crippen molar-refractivity contribution < 1.29 is 27.1 Å². The Morgan fingerprint density at radius 1 is 0.909 bits per heavy atom. The van der Waals surface area contributed by atoms with Crippen LogP contribution in [0.5, 0.6) is 0 Å². The van der Waals surface area contributed by atoms with Crippen molar-refractivity contribution >= 4 is 27.4 Å². The molecule has 10 heteroatoms. The van der Waals surface area contributed by atoms with Gasteiger partial charge in [0.25, 0.3) is 5.91 Å². The molecule has 8 nitrogen and oxygen atoms in total. The average Bonchev–Trinajstić information content (AvgIpc) is 2.84. The first-order valence-electron chi connectivity index (χ1n) is 10.8. The van der Waals surface area contributed by atoms with Gasteiger partial charge in [-0.25, -0.2) is 12.8 Å². The second-order valence-corrected chi connectivity index (χ2v) is 9.98. The molecule has 0 spiro atoms. The quantitative estimate of drug-likeness (QED) is 0.615. The van der Waals surface area contributed by atoms with Crippen LogP contribution in [0.25, 0.3) is 0 Å². The van der Waals surface area contributed by atoms with E-state index in [4.69, 9.17) is 4.74 Å². The third-order valence-electron chi connectivity index (χ3n) is 5.95. The molecule has 176 valence electrons. The van der Waals surface area contributed by atoms with Crippen LogP contribution in [0.15, 0.2) is 47.4 Å². The molecule has 2 aromatic rings. The molecule has 2 aliphatic heterocycles. The van der Waals surface area contributed by atoms with E-state index in [0.717, 1.165) is 0 Å². The van der Waals surface area contributed by atoms with Crippen molar-refractivity contribution in [2.45, 2.75) is 11.8 Å². The highest BCUT2D eigenvalue weighted by Gasteiger charge is 2.28. The number of anilines is 1. The average molecular weight is 476 g/mol. The fourth-order valence-electron chi connectivity index (χ4n) is 4.04. The second kappa shape index (κ2) is 9.58. The predicted molar refractivity (Wildman–Crippen MR) is 121 cm³/mol. The van der Waals surface area contributed by atoms with Gasteiger partial charge in [0.05, 0.1) is 23.8 Å². The zero-order chi connectivity index (χ0) is 23.6. The number of hydrogen-bond acceptors (Lipinski definition) is 6. The van der Waals surface area contributed by atoms with E-state index in [1.54, 1.807) is 29.2 Å². The van der Waals surface area contributed by atoms with Gasteiger partial charge >= 0.3 is 0 Å². The number of sulfonamides is 1. The lowest BCUT2D eigenvalue weighted by atomic mass is 10.1. The lowest BCUT2D eigenvalue weighted by Crippen LogP contribution is -2.49. The van der Waals surface area contributed by atoms with Crippen LogP contribution in [0.4, 0.5) is 10.1 Å². The van der Waals surface area contributed by atoms with Crippen LogP contribution in [0.3, 0.4) is 0 Å². The summed E-state index contributed by atoms with van der Waals surface area (Å²) in [4.78, 5) is 28.1. The van der Waals surface area contributed by atoms with E-state index in [2.05, 4.69) is 0 Å². The fourth-order valence-corrected chi connectivity index (χ4v) is 5.50. The van der Waals surface area contributed by atoms with Gasteiger partial charge in [-0.3, -0.25) is 9.59 Å². The van der Waals surface area contributed by atoms with Gasteiger partial charge in [-0.15, -0.1) is 0 Å². The molecular formula is C23H26FN3O5S. The number of hydrogen-bond donors (Lipinski definition) is 0.